The Kier molecular flexibility index (Phi) is 3.83. The van der Waals surface area contributed by atoms with E-state index in [1.807, 2.05) is 13.0 Å². The minimum Gasteiger partial charge on any atom is -0.367 e. The fourth-order valence-corrected chi connectivity index (χ4v) is 1.01. The Balaban J connectivity index is 2.45. The van der Waals surface area contributed by atoms with Gasteiger partial charge in [0.15, 0.2) is 0 Å². The molecule has 1 atom stereocenters. The van der Waals surface area contributed by atoms with Crippen molar-refractivity contribution >= 4 is 5.82 Å². The first kappa shape index (κ1) is 10.9. The number of hydrogen-bond donors (Lipinski definition) is 2. The van der Waals surface area contributed by atoms with Gasteiger partial charge in [-0.3, -0.25) is 0 Å². The fourth-order valence-electron chi connectivity index (χ4n) is 1.01. The maximum absolute atomic E-state index is 5.89. The second-order valence-corrected chi connectivity index (χ2v) is 3.91. The van der Waals surface area contributed by atoms with Crippen LogP contribution in [0.25, 0.3) is 0 Å². The smallest absolute Gasteiger partial charge is 0.148 e. The molecule has 0 bridgehead atoms. The summed E-state index contributed by atoms with van der Waals surface area (Å²) in [5.41, 5.74) is 6.99. The van der Waals surface area contributed by atoms with Gasteiger partial charge >= 0.3 is 0 Å². The molecule has 0 saturated carbocycles. The fraction of sp³-hybridized carbons (Fsp3) is 0.600. The van der Waals surface area contributed by atoms with Crippen molar-refractivity contribution in [2.45, 2.75) is 26.8 Å². The lowest BCUT2D eigenvalue weighted by Gasteiger charge is -2.16. The molecule has 14 heavy (non-hydrogen) atoms. The van der Waals surface area contributed by atoms with Crippen LogP contribution < -0.4 is 11.1 Å². The van der Waals surface area contributed by atoms with Gasteiger partial charge in [0.2, 0.25) is 0 Å². The Bertz CT molecular complexity index is 285. The lowest BCUT2D eigenvalue weighted by molar-refractivity contribution is 0.511. The molecule has 1 aromatic heterocycles. The first-order chi connectivity index (χ1) is 6.59. The number of hydrogen-bond acceptors (Lipinski definition) is 4. The van der Waals surface area contributed by atoms with Crippen molar-refractivity contribution in [2.24, 2.45) is 11.7 Å². The van der Waals surface area contributed by atoms with Crippen LogP contribution in [0.1, 0.15) is 19.4 Å². The van der Waals surface area contributed by atoms with E-state index in [1.165, 1.54) is 0 Å². The Morgan fingerprint density at radius 1 is 1.50 bits per heavy atom. The zero-order valence-electron chi connectivity index (χ0n) is 8.99. The molecule has 0 aliphatic heterocycles. The van der Waals surface area contributed by atoms with E-state index in [2.05, 4.69) is 29.4 Å². The van der Waals surface area contributed by atoms with Crippen molar-refractivity contribution in [1.82, 2.24) is 10.2 Å². The van der Waals surface area contributed by atoms with E-state index >= 15 is 0 Å². The highest BCUT2D eigenvalue weighted by molar-refractivity contribution is 5.35. The molecule has 1 aromatic rings. The van der Waals surface area contributed by atoms with Crippen LogP contribution in [0.2, 0.25) is 0 Å². The Hall–Kier alpha value is -1.16. The summed E-state index contributed by atoms with van der Waals surface area (Å²) in [5, 5.41) is 11.0. The van der Waals surface area contributed by atoms with Crippen molar-refractivity contribution in [1.29, 1.82) is 0 Å². The van der Waals surface area contributed by atoms with E-state index in [0.717, 1.165) is 17.9 Å². The summed E-state index contributed by atoms with van der Waals surface area (Å²) < 4.78 is 0. The molecule has 0 radical (unpaired) electrons. The molecule has 0 aliphatic rings. The van der Waals surface area contributed by atoms with Gasteiger partial charge in [-0.1, -0.05) is 13.8 Å². The van der Waals surface area contributed by atoms with Gasteiger partial charge in [0, 0.05) is 12.6 Å². The molecule has 0 aliphatic carbocycles. The largest absolute Gasteiger partial charge is 0.367 e. The van der Waals surface area contributed by atoms with Crippen molar-refractivity contribution in [3.63, 3.8) is 0 Å². The topological polar surface area (TPSA) is 63.8 Å². The molecule has 4 nitrogen and oxygen atoms in total. The summed E-state index contributed by atoms with van der Waals surface area (Å²) in [6.45, 7) is 6.93. The van der Waals surface area contributed by atoms with Gasteiger partial charge < -0.3 is 11.1 Å². The molecule has 1 heterocycles. The predicted octanol–water partition coefficient (Wildman–Crippen LogP) is 1.18. The maximum atomic E-state index is 5.89. The van der Waals surface area contributed by atoms with Crippen LogP contribution in [0, 0.1) is 12.8 Å². The first-order valence-corrected chi connectivity index (χ1v) is 4.88. The molecule has 0 saturated heterocycles. The van der Waals surface area contributed by atoms with Crippen LogP contribution in [-0.2, 0) is 0 Å². The number of rotatable bonds is 4. The maximum Gasteiger partial charge on any atom is 0.148 e. The second kappa shape index (κ2) is 4.91. The molecular weight excluding hydrogens is 176 g/mol. The number of nitrogens with two attached hydrogens (primary N) is 1. The lowest BCUT2D eigenvalue weighted by atomic mass is 10.1. The molecule has 0 aromatic carbocycles. The van der Waals surface area contributed by atoms with E-state index in [9.17, 15) is 0 Å². The molecule has 0 spiro atoms. The van der Waals surface area contributed by atoms with Crippen molar-refractivity contribution in [3.05, 3.63) is 17.8 Å². The minimum atomic E-state index is 0.150. The highest BCUT2D eigenvalue weighted by Gasteiger charge is 2.06. The van der Waals surface area contributed by atoms with Crippen molar-refractivity contribution < 1.29 is 0 Å². The molecular formula is C10H18N4. The van der Waals surface area contributed by atoms with Crippen LogP contribution >= 0.6 is 0 Å². The summed E-state index contributed by atoms with van der Waals surface area (Å²) in [6, 6.07) is 2.11. The molecule has 4 heteroatoms. The van der Waals surface area contributed by atoms with Gasteiger partial charge in [-0.2, -0.15) is 5.10 Å². The monoisotopic (exact) mass is 194 g/mol. The number of aryl methyl sites for hydroxylation is 1. The van der Waals surface area contributed by atoms with E-state index in [-0.39, 0.29) is 6.04 Å². The SMILES string of the molecule is Cc1cnnc(NCC(N)C(C)C)c1. The van der Waals surface area contributed by atoms with Crippen molar-refractivity contribution in [2.75, 3.05) is 11.9 Å². The quantitative estimate of drug-likeness (QED) is 0.755. The van der Waals surface area contributed by atoms with Crippen LogP contribution in [0.4, 0.5) is 5.82 Å². The predicted molar refractivity (Wildman–Crippen MR) is 58.1 cm³/mol. The number of anilines is 1. The standard InChI is InChI=1S/C10H18N4/c1-7(2)9(11)6-12-10-4-8(3)5-13-14-10/h4-5,7,9H,6,11H2,1-3H3,(H,12,14). The van der Waals surface area contributed by atoms with Crippen LogP contribution in [-0.4, -0.2) is 22.8 Å². The van der Waals surface area contributed by atoms with Gasteiger partial charge in [-0.25, -0.2) is 0 Å². The zero-order valence-corrected chi connectivity index (χ0v) is 8.99. The second-order valence-electron chi connectivity index (χ2n) is 3.91. The van der Waals surface area contributed by atoms with Crippen molar-refractivity contribution in [3.8, 4) is 0 Å². The van der Waals surface area contributed by atoms with E-state index in [1.54, 1.807) is 6.20 Å². The zero-order chi connectivity index (χ0) is 10.6. The van der Waals surface area contributed by atoms with Crippen LogP contribution in [0.5, 0.6) is 0 Å². The summed E-state index contributed by atoms with van der Waals surface area (Å²) in [7, 11) is 0. The molecule has 78 valence electrons. The molecule has 0 amide bonds. The summed E-state index contributed by atoms with van der Waals surface area (Å²) in [4.78, 5) is 0. The van der Waals surface area contributed by atoms with Gasteiger partial charge in [-0.05, 0) is 24.5 Å². The van der Waals surface area contributed by atoms with E-state index < -0.39 is 0 Å². The summed E-state index contributed by atoms with van der Waals surface area (Å²) in [5.74, 6) is 1.27. The summed E-state index contributed by atoms with van der Waals surface area (Å²) >= 11 is 0. The Morgan fingerprint density at radius 2 is 2.21 bits per heavy atom. The van der Waals surface area contributed by atoms with E-state index in [4.69, 9.17) is 5.73 Å². The van der Waals surface area contributed by atoms with Gasteiger partial charge in [0.25, 0.3) is 0 Å². The third kappa shape index (κ3) is 3.30. The third-order valence-electron chi connectivity index (χ3n) is 2.17. The number of nitrogens with zero attached hydrogens (tertiary/aromatic N) is 2. The van der Waals surface area contributed by atoms with Crippen LogP contribution in [0.15, 0.2) is 12.3 Å². The number of aromatic nitrogens is 2. The van der Waals surface area contributed by atoms with E-state index in [0.29, 0.717) is 5.92 Å². The van der Waals surface area contributed by atoms with Crippen LogP contribution in [0.3, 0.4) is 0 Å². The third-order valence-corrected chi connectivity index (χ3v) is 2.17. The molecule has 1 rings (SSSR count). The molecule has 3 N–H and O–H groups in total. The Labute approximate surface area is 84.9 Å². The van der Waals surface area contributed by atoms with Gasteiger partial charge in [-0.15, -0.1) is 5.10 Å². The molecule has 1 unspecified atom stereocenters. The van der Waals surface area contributed by atoms with Gasteiger partial charge in [0.1, 0.15) is 5.82 Å². The van der Waals surface area contributed by atoms with Gasteiger partial charge in [0.05, 0.1) is 6.20 Å². The minimum absolute atomic E-state index is 0.150. The number of nitrogens with one attached hydrogen (secondary N) is 1. The first-order valence-electron chi connectivity index (χ1n) is 4.88. The lowest BCUT2D eigenvalue weighted by Crippen LogP contribution is -2.34. The average Bonchev–Trinajstić information content (AvgIpc) is 2.14. The average molecular weight is 194 g/mol. The highest BCUT2D eigenvalue weighted by Crippen LogP contribution is 2.04. The normalized spacial score (nSPS) is 12.9. The summed E-state index contributed by atoms with van der Waals surface area (Å²) in [6.07, 6.45) is 1.73. The molecule has 0 fully saturated rings. The highest BCUT2D eigenvalue weighted by atomic mass is 15.2. The Morgan fingerprint density at radius 3 is 2.79 bits per heavy atom.